The monoisotopic (exact) mass is 244 g/mol. The molecule has 1 aliphatic heterocycles. The molecule has 2 atom stereocenters. The fraction of sp³-hybridized carbons (Fsp3) is 0.357. The molecule has 1 amide bonds. The van der Waals surface area contributed by atoms with E-state index in [0.29, 0.717) is 13.1 Å². The van der Waals surface area contributed by atoms with Crippen LogP contribution in [0.3, 0.4) is 0 Å². The molecule has 1 aromatic carbocycles. The average Bonchev–Trinajstić information content (AvgIpc) is 2.82. The number of aliphatic hydroxyl groups is 1. The number of carbonyl (C=O) groups excluding carboxylic acids is 1. The van der Waals surface area contributed by atoms with E-state index in [1.807, 2.05) is 30.3 Å². The molecule has 1 saturated heterocycles. The minimum absolute atomic E-state index is 0.192. The molecule has 0 saturated carbocycles. The van der Waals surface area contributed by atoms with Gasteiger partial charge in [0.2, 0.25) is 0 Å². The van der Waals surface area contributed by atoms with Gasteiger partial charge in [0.15, 0.2) is 0 Å². The summed E-state index contributed by atoms with van der Waals surface area (Å²) in [4.78, 5) is 13.4. The van der Waals surface area contributed by atoms with Gasteiger partial charge < -0.3 is 15.3 Å². The number of hydrogen-bond acceptors (Lipinski definition) is 3. The maximum atomic E-state index is 11.9. The molecule has 2 N–H and O–H groups in total. The van der Waals surface area contributed by atoms with Gasteiger partial charge >= 0.3 is 0 Å². The zero-order valence-corrected chi connectivity index (χ0v) is 10.3. The van der Waals surface area contributed by atoms with Crippen LogP contribution in [0, 0.1) is 11.8 Å². The van der Waals surface area contributed by atoms with Gasteiger partial charge in [0.25, 0.3) is 5.91 Å². The Bertz CT molecular complexity index is 476. The third-order valence-electron chi connectivity index (χ3n) is 3.06. The molecule has 1 heterocycles. The first-order valence-corrected chi connectivity index (χ1v) is 5.91. The molecule has 18 heavy (non-hydrogen) atoms. The van der Waals surface area contributed by atoms with Gasteiger partial charge in [0.1, 0.15) is 0 Å². The van der Waals surface area contributed by atoms with E-state index in [2.05, 4.69) is 17.2 Å². The van der Waals surface area contributed by atoms with Gasteiger partial charge in [-0.15, -0.1) is 0 Å². The molecular formula is C14H16N2O2. The van der Waals surface area contributed by atoms with E-state index in [-0.39, 0.29) is 11.9 Å². The highest BCUT2D eigenvalue weighted by molar-refractivity contribution is 5.94. The summed E-state index contributed by atoms with van der Waals surface area (Å²) in [6.07, 6.45) is -0.516. The fourth-order valence-corrected chi connectivity index (χ4v) is 1.93. The first-order chi connectivity index (χ1) is 8.68. The molecule has 0 bridgehead atoms. The predicted octanol–water partition coefficient (Wildman–Crippen LogP) is -0.171. The van der Waals surface area contributed by atoms with Crippen molar-refractivity contribution < 1.29 is 9.90 Å². The minimum Gasteiger partial charge on any atom is -0.390 e. The molecule has 2 rings (SSSR count). The number of nitrogens with one attached hydrogen (secondary N) is 1. The number of rotatable bonds is 1. The van der Waals surface area contributed by atoms with Crippen LogP contribution >= 0.6 is 0 Å². The highest BCUT2D eigenvalue weighted by Crippen LogP contribution is 2.07. The largest absolute Gasteiger partial charge is 0.390 e. The van der Waals surface area contributed by atoms with Crippen LogP contribution in [0.2, 0.25) is 0 Å². The van der Waals surface area contributed by atoms with Crippen molar-refractivity contribution in [3.05, 3.63) is 35.9 Å². The summed E-state index contributed by atoms with van der Waals surface area (Å²) < 4.78 is 0. The van der Waals surface area contributed by atoms with Gasteiger partial charge in [-0.3, -0.25) is 4.79 Å². The highest BCUT2D eigenvalue weighted by atomic mass is 16.3. The Morgan fingerprint density at radius 2 is 2.11 bits per heavy atom. The molecular weight excluding hydrogens is 228 g/mol. The topological polar surface area (TPSA) is 52.6 Å². The van der Waals surface area contributed by atoms with E-state index >= 15 is 0 Å². The number of aliphatic hydroxyl groups excluding tert-OH is 1. The predicted molar refractivity (Wildman–Crippen MR) is 68.8 cm³/mol. The molecule has 1 aliphatic rings. The maximum Gasteiger partial charge on any atom is 0.298 e. The van der Waals surface area contributed by atoms with Crippen LogP contribution in [0.4, 0.5) is 0 Å². The van der Waals surface area contributed by atoms with Crippen LogP contribution in [-0.2, 0) is 4.79 Å². The SMILES string of the molecule is CN(C(=O)C#Cc1ccccc1)[C@H]1CNC[C@@H]1O. The van der Waals surface area contributed by atoms with Crippen molar-refractivity contribution in [2.75, 3.05) is 20.1 Å². The third kappa shape index (κ3) is 2.89. The van der Waals surface area contributed by atoms with Gasteiger partial charge in [-0.2, -0.15) is 0 Å². The van der Waals surface area contributed by atoms with Crippen LogP contribution in [-0.4, -0.2) is 48.2 Å². The summed E-state index contributed by atoms with van der Waals surface area (Å²) in [6.45, 7) is 1.13. The van der Waals surface area contributed by atoms with Gasteiger partial charge in [-0.25, -0.2) is 0 Å². The summed E-state index contributed by atoms with van der Waals surface area (Å²) in [5.41, 5.74) is 0.810. The molecule has 0 spiro atoms. The Morgan fingerprint density at radius 3 is 2.72 bits per heavy atom. The van der Waals surface area contributed by atoms with E-state index in [4.69, 9.17) is 0 Å². The highest BCUT2D eigenvalue weighted by Gasteiger charge is 2.30. The number of benzene rings is 1. The van der Waals surface area contributed by atoms with Gasteiger partial charge in [-0.1, -0.05) is 24.1 Å². The standard InChI is InChI=1S/C14H16N2O2/c1-16(12-9-15-10-13(12)17)14(18)8-7-11-5-3-2-4-6-11/h2-6,12-13,15,17H,9-10H2,1H3/t12-,13-/m0/s1. The number of amides is 1. The lowest BCUT2D eigenvalue weighted by Gasteiger charge is -2.24. The first-order valence-electron chi connectivity index (χ1n) is 5.91. The van der Waals surface area contributed by atoms with Crippen molar-refractivity contribution in [3.8, 4) is 11.8 Å². The summed E-state index contributed by atoms with van der Waals surface area (Å²) in [5.74, 6) is 5.14. The molecule has 4 heteroatoms. The van der Waals surface area contributed by atoms with Crippen molar-refractivity contribution >= 4 is 5.91 Å². The molecule has 0 aromatic heterocycles. The van der Waals surface area contributed by atoms with E-state index in [1.165, 1.54) is 4.90 Å². The maximum absolute atomic E-state index is 11.9. The van der Waals surface area contributed by atoms with Crippen molar-refractivity contribution in [2.45, 2.75) is 12.1 Å². The molecule has 1 aromatic rings. The number of β-amino-alcohol motifs (C(OH)–C–C–N with tert-alkyl or cyclic N) is 1. The van der Waals surface area contributed by atoms with Crippen molar-refractivity contribution in [1.29, 1.82) is 0 Å². The quantitative estimate of drug-likeness (QED) is 0.674. The molecule has 0 aliphatic carbocycles. The van der Waals surface area contributed by atoms with Crippen LogP contribution in [0.25, 0.3) is 0 Å². The Labute approximate surface area is 107 Å². The van der Waals surface area contributed by atoms with E-state index in [9.17, 15) is 9.90 Å². The third-order valence-corrected chi connectivity index (χ3v) is 3.06. The van der Waals surface area contributed by atoms with Crippen LogP contribution < -0.4 is 5.32 Å². The number of likely N-dealkylation sites (N-methyl/N-ethyl adjacent to an activating group) is 1. The van der Waals surface area contributed by atoms with E-state index < -0.39 is 6.10 Å². The van der Waals surface area contributed by atoms with Crippen LogP contribution in [0.5, 0.6) is 0 Å². The average molecular weight is 244 g/mol. The fourth-order valence-electron chi connectivity index (χ4n) is 1.93. The second-order valence-corrected chi connectivity index (χ2v) is 4.33. The summed E-state index contributed by atoms with van der Waals surface area (Å²) in [7, 11) is 1.67. The molecule has 4 nitrogen and oxygen atoms in total. The second-order valence-electron chi connectivity index (χ2n) is 4.33. The summed E-state index contributed by atoms with van der Waals surface area (Å²) in [5, 5.41) is 12.7. The lowest BCUT2D eigenvalue weighted by atomic mass is 10.2. The zero-order chi connectivity index (χ0) is 13.0. The number of nitrogens with zero attached hydrogens (tertiary/aromatic N) is 1. The zero-order valence-electron chi connectivity index (χ0n) is 10.3. The van der Waals surface area contributed by atoms with Crippen molar-refractivity contribution in [3.63, 3.8) is 0 Å². The normalized spacial score (nSPS) is 22.1. The lowest BCUT2D eigenvalue weighted by Crippen LogP contribution is -2.43. The van der Waals surface area contributed by atoms with Gasteiger partial charge in [0, 0.05) is 31.6 Å². The van der Waals surface area contributed by atoms with Crippen molar-refractivity contribution in [1.82, 2.24) is 10.2 Å². The minimum atomic E-state index is -0.516. The van der Waals surface area contributed by atoms with Crippen molar-refractivity contribution in [2.24, 2.45) is 0 Å². The smallest absolute Gasteiger partial charge is 0.298 e. The first kappa shape index (κ1) is 12.6. The Morgan fingerprint density at radius 1 is 1.39 bits per heavy atom. The summed E-state index contributed by atoms with van der Waals surface area (Å²) >= 11 is 0. The Hall–Kier alpha value is -1.83. The number of hydrogen-bond donors (Lipinski definition) is 2. The van der Waals surface area contributed by atoms with Gasteiger partial charge in [0.05, 0.1) is 12.1 Å². The molecule has 1 fully saturated rings. The van der Waals surface area contributed by atoms with Gasteiger partial charge in [-0.05, 0) is 12.1 Å². The van der Waals surface area contributed by atoms with E-state index in [1.54, 1.807) is 7.05 Å². The molecule has 0 unspecified atom stereocenters. The van der Waals surface area contributed by atoms with Crippen LogP contribution in [0.15, 0.2) is 30.3 Å². The Kier molecular flexibility index (Phi) is 3.98. The summed E-state index contributed by atoms with van der Waals surface area (Å²) in [6, 6.07) is 9.17. The Balaban J connectivity index is 2.02. The number of carbonyl (C=O) groups is 1. The second kappa shape index (κ2) is 5.67. The molecule has 94 valence electrons. The lowest BCUT2D eigenvalue weighted by molar-refractivity contribution is -0.127. The van der Waals surface area contributed by atoms with Crippen LogP contribution in [0.1, 0.15) is 5.56 Å². The van der Waals surface area contributed by atoms with E-state index in [0.717, 1.165) is 5.56 Å². The molecule has 0 radical (unpaired) electrons.